The summed E-state index contributed by atoms with van der Waals surface area (Å²) >= 11 is 0. The first-order valence-electron chi connectivity index (χ1n) is 4.56. The maximum Gasteiger partial charge on any atom is 0.337 e. The first kappa shape index (κ1) is 15.2. The fourth-order valence-electron chi connectivity index (χ4n) is 0.834. The van der Waals surface area contributed by atoms with Gasteiger partial charge in [-0.25, -0.2) is 14.4 Å². The van der Waals surface area contributed by atoms with Crippen LogP contribution >= 0.6 is 0 Å². The first-order chi connectivity index (χ1) is 8.34. The van der Waals surface area contributed by atoms with E-state index in [-0.39, 0.29) is 5.56 Å². The number of anilines is 1. The van der Waals surface area contributed by atoms with Crippen molar-refractivity contribution in [2.45, 2.75) is 0 Å². The maximum absolute atomic E-state index is 10.3. The minimum Gasteiger partial charge on any atom is -0.478 e. The molecule has 0 radical (unpaired) electrons. The Morgan fingerprint density at radius 2 is 1.39 bits per heavy atom. The van der Waals surface area contributed by atoms with Crippen molar-refractivity contribution in [2.24, 2.45) is 0 Å². The molecule has 1 aromatic rings. The summed E-state index contributed by atoms with van der Waals surface area (Å²) in [7, 11) is 0. The predicted molar refractivity (Wildman–Crippen MR) is 62.2 cm³/mol. The molecule has 0 bridgehead atoms. The average Bonchev–Trinajstić information content (AvgIpc) is 2.27. The number of hydrogen-bond acceptors (Lipinski definition) is 4. The summed E-state index contributed by atoms with van der Waals surface area (Å²) in [4.78, 5) is 29.4. The van der Waals surface area contributed by atoms with Gasteiger partial charge in [-0.15, -0.1) is 0 Å². The highest BCUT2D eigenvalue weighted by molar-refractivity contribution is 5.93. The quantitative estimate of drug-likeness (QED) is 0.459. The van der Waals surface area contributed by atoms with Crippen LogP contribution in [0.25, 0.3) is 0 Å². The molecule has 96 valence electrons. The Balaban J connectivity index is 0.000000331. The number of carboxylic acid groups (broad SMARTS) is 3. The van der Waals surface area contributed by atoms with Crippen LogP contribution in [0.1, 0.15) is 10.4 Å². The van der Waals surface area contributed by atoms with E-state index in [2.05, 4.69) is 0 Å². The van der Waals surface area contributed by atoms with Gasteiger partial charge < -0.3 is 21.1 Å². The smallest absolute Gasteiger partial charge is 0.337 e. The van der Waals surface area contributed by atoms with Crippen molar-refractivity contribution in [3.8, 4) is 0 Å². The largest absolute Gasteiger partial charge is 0.478 e. The molecular weight excluding hydrogens is 242 g/mol. The van der Waals surface area contributed by atoms with Crippen molar-refractivity contribution >= 4 is 23.6 Å². The molecule has 18 heavy (non-hydrogen) atoms. The standard InChI is InChI=1S/C7H7NO2.C4H4O4/c8-6-4-2-1-3-5(6)7(9)10;5-3(6)1-2-4(7)8/h1-4H,8H2,(H,9,10);1-2H,(H,5,6)(H,7,8)/b;2-1-. The molecule has 0 aromatic heterocycles. The van der Waals surface area contributed by atoms with Gasteiger partial charge >= 0.3 is 17.9 Å². The number of carboxylic acids is 3. The third-order valence-electron chi connectivity index (χ3n) is 1.56. The topological polar surface area (TPSA) is 138 Å². The van der Waals surface area contributed by atoms with Gasteiger partial charge in [-0.1, -0.05) is 12.1 Å². The van der Waals surface area contributed by atoms with Gasteiger partial charge in [-0.3, -0.25) is 0 Å². The molecule has 0 aliphatic rings. The Bertz CT molecular complexity index is 464. The van der Waals surface area contributed by atoms with E-state index >= 15 is 0 Å². The molecule has 0 amide bonds. The van der Waals surface area contributed by atoms with Crippen LogP contribution in [0.2, 0.25) is 0 Å². The molecule has 0 unspecified atom stereocenters. The number of para-hydroxylation sites is 1. The van der Waals surface area contributed by atoms with Gasteiger partial charge in [0.05, 0.1) is 5.56 Å². The van der Waals surface area contributed by atoms with Crippen LogP contribution in [0.5, 0.6) is 0 Å². The highest BCUT2D eigenvalue weighted by Crippen LogP contribution is 2.08. The van der Waals surface area contributed by atoms with Crippen LogP contribution in [0.15, 0.2) is 36.4 Å². The second kappa shape index (κ2) is 7.44. The van der Waals surface area contributed by atoms with E-state index in [1.165, 1.54) is 6.07 Å². The molecule has 0 atom stereocenters. The normalized spacial score (nSPS) is 9.33. The fraction of sp³-hybridized carbons (Fsp3) is 0. The van der Waals surface area contributed by atoms with E-state index in [0.29, 0.717) is 17.8 Å². The van der Waals surface area contributed by atoms with Crippen molar-refractivity contribution in [3.05, 3.63) is 42.0 Å². The number of nitrogen functional groups attached to an aromatic ring is 1. The van der Waals surface area contributed by atoms with E-state index in [9.17, 15) is 14.4 Å². The van der Waals surface area contributed by atoms with E-state index in [0.717, 1.165) is 0 Å². The molecule has 1 rings (SSSR count). The maximum atomic E-state index is 10.3. The van der Waals surface area contributed by atoms with Crippen molar-refractivity contribution in [2.75, 3.05) is 5.73 Å². The number of aromatic carboxylic acids is 1. The highest BCUT2D eigenvalue weighted by Gasteiger charge is 2.03. The van der Waals surface area contributed by atoms with E-state index in [1.807, 2.05) is 0 Å². The lowest BCUT2D eigenvalue weighted by atomic mass is 10.2. The lowest BCUT2D eigenvalue weighted by molar-refractivity contribution is -0.134. The van der Waals surface area contributed by atoms with Gasteiger partial charge in [-0.2, -0.15) is 0 Å². The Kier molecular flexibility index (Phi) is 6.27. The van der Waals surface area contributed by atoms with E-state index < -0.39 is 17.9 Å². The molecule has 0 spiro atoms. The summed E-state index contributed by atoms with van der Waals surface area (Å²) in [6, 6.07) is 6.36. The van der Waals surface area contributed by atoms with Crippen LogP contribution in [-0.4, -0.2) is 33.2 Å². The van der Waals surface area contributed by atoms with Gasteiger partial charge in [0.1, 0.15) is 0 Å². The van der Waals surface area contributed by atoms with Gasteiger partial charge in [0.25, 0.3) is 0 Å². The lowest BCUT2D eigenvalue weighted by Crippen LogP contribution is -2.00. The molecule has 0 aliphatic heterocycles. The summed E-state index contributed by atoms with van der Waals surface area (Å²) < 4.78 is 0. The molecule has 0 saturated heterocycles. The van der Waals surface area contributed by atoms with E-state index in [4.69, 9.17) is 21.1 Å². The third kappa shape index (κ3) is 6.62. The zero-order chi connectivity index (χ0) is 14.1. The van der Waals surface area contributed by atoms with Crippen molar-refractivity contribution in [3.63, 3.8) is 0 Å². The second-order valence-electron chi connectivity index (χ2n) is 2.90. The summed E-state index contributed by atoms with van der Waals surface area (Å²) in [6.45, 7) is 0. The second-order valence-corrected chi connectivity index (χ2v) is 2.90. The predicted octanol–water partition coefficient (Wildman–Crippen LogP) is 0.679. The van der Waals surface area contributed by atoms with Gasteiger partial charge in [-0.05, 0) is 12.1 Å². The van der Waals surface area contributed by atoms with Crippen molar-refractivity contribution in [1.82, 2.24) is 0 Å². The summed E-state index contributed by atoms with van der Waals surface area (Å²) in [5.41, 5.74) is 5.80. The number of hydrogen-bond donors (Lipinski definition) is 4. The van der Waals surface area contributed by atoms with Crippen LogP contribution in [-0.2, 0) is 9.59 Å². The van der Waals surface area contributed by atoms with Crippen molar-refractivity contribution in [1.29, 1.82) is 0 Å². The molecule has 0 saturated carbocycles. The summed E-state index contributed by atoms with van der Waals surface area (Å²) in [6.07, 6.45) is 1.12. The zero-order valence-electron chi connectivity index (χ0n) is 9.11. The Hall–Kier alpha value is -2.83. The number of aliphatic carboxylic acids is 2. The highest BCUT2D eigenvalue weighted by atomic mass is 16.4. The fourth-order valence-corrected chi connectivity index (χ4v) is 0.834. The molecular formula is C11H11NO6. The number of benzene rings is 1. The molecule has 7 heteroatoms. The third-order valence-corrected chi connectivity index (χ3v) is 1.56. The molecule has 5 N–H and O–H groups in total. The minimum atomic E-state index is -1.26. The van der Waals surface area contributed by atoms with Gasteiger partial charge in [0.2, 0.25) is 0 Å². The summed E-state index contributed by atoms with van der Waals surface area (Å²) in [5, 5.41) is 24.1. The molecule has 0 fully saturated rings. The Morgan fingerprint density at radius 1 is 0.944 bits per heavy atom. The van der Waals surface area contributed by atoms with Crippen LogP contribution in [0.4, 0.5) is 5.69 Å². The lowest BCUT2D eigenvalue weighted by Gasteiger charge is -1.96. The average molecular weight is 253 g/mol. The Labute approximate surface area is 102 Å². The molecule has 1 aromatic carbocycles. The van der Waals surface area contributed by atoms with Crippen molar-refractivity contribution < 1.29 is 29.7 Å². The van der Waals surface area contributed by atoms with Gasteiger partial charge in [0, 0.05) is 17.8 Å². The number of carbonyl (C=O) groups is 3. The molecule has 0 aliphatic carbocycles. The molecule has 0 heterocycles. The van der Waals surface area contributed by atoms with E-state index in [1.54, 1.807) is 18.2 Å². The SMILES string of the molecule is Nc1ccccc1C(=O)O.O=C(O)/C=C\C(=O)O. The Morgan fingerprint density at radius 3 is 1.67 bits per heavy atom. The van der Waals surface area contributed by atoms with Crippen LogP contribution < -0.4 is 5.73 Å². The first-order valence-corrected chi connectivity index (χ1v) is 4.56. The summed E-state index contributed by atoms with van der Waals surface area (Å²) in [5.74, 6) is -3.50. The number of rotatable bonds is 3. The monoisotopic (exact) mass is 253 g/mol. The van der Waals surface area contributed by atoms with Crippen LogP contribution in [0.3, 0.4) is 0 Å². The zero-order valence-corrected chi connectivity index (χ0v) is 9.11. The van der Waals surface area contributed by atoms with Crippen LogP contribution in [0, 0.1) is 0 Å². The van der Waals surface area contributed by atoms with Gasteiger partial charge in [0.15, 0.2) is 0 Å². The molecule has 7 nitrogen and oxygen atoms in total. The minimum absolute atomic E-state index is 0.155. The number of nitrogens with two attached hydrogens (primary N) is 1.